The molecule has 0 aliphatic carbocycles. The number of carbonyl (C=O) groups is 1. The molecule has 0 aromatic heterocycles. The van der Waals surface area contributed by atoms with Gasteiger partial charge in [-0.1, -0.05) is 0 Å². The zero-order valence-corrected chi connectivity index (χ0v) is 5.66. The highest BCUT2D eigenvalue weighted by molar-refractivity contribution is 9.18. The number of hydrogen-bond donors (Lipinski definition) is 0. The summed E-state index contributed by atoms with van der Waals surface area (Å²) in [4.78, 5) is 9.82. The van der Waals surface area contributed by atoms with Gasteiger partial charge < -0.3 is 0 Å². The molecule has 0 unspecified atom stereocenters. The van der Waals surface area contributed by atoms with Crippen molar-refractivity contribution in [2.45, 2.75) is 6.18 Å². The predicted octanol–water partition coefficient (Wildman–Crippen LogP) is 2.03. The van der Waals surface area contributed by atoms with Gasteiger partial charge in [0.05, 0.1) is 0 Å². The molecule has 0 atom stereocenters. The van der Waals surface area contributed by atoms with Gasteiger partial charge >= 0.3 is 6.18 Å². The molecule has 0 amide bonds. The number of halogens is 4. The van der Waals surface area contributed by atoms with Gasteiger partial charge in [-0.05, 0) is 22.0 Å². The van der Waals surface area contributed by atoms with Crippen LogP contribution in [0.3, 0.4) is 0 Å². The number of alkyl halides is 3. The molecule has 0 radical (unpaired) electrons. The second-order valence-corrected chi connectivity index (χ2v) is 1.96. The summed E-state index contributed by atoms with van der Waals surface area (Å²) in [6.45, 7) is 0. The lowest BCUT2D eigenvalue weighted by Gasteiger charge is -1.93. The molecule has 0 aliphatic heterocycles. The molecule has 0 heterocycles. The van der Waals surface area contributed by atoms with Crippen molar-refractivity contribution in [3.8, 4) is 0 Å². The van der Waals surface area contributed by atoms with Gasteiger partial charge in [0.1, 0.15) is 0 Å². The molecule has 0 aliphatic rings. The van der Waals surface area contributed by atoms with Crippen LogP contribution < -0.4 is 0 Å². The molecule has 0 rings (SSSR count). The maximum Gasteiger partial charge on any atom is 0.409 e. The molecular weight excluding hydrogens is 201 g/mol. The summed E-state index contributed by atoms with van der Waals surface area (Å²) < 4.78 is 32.7. The first-order chi connectivity index (χ1) is 3.92. The lowest BCUT2D eigenvalue weighted by atomic mass is 10.5. The topological polar surface area (TPSA) is 17.1 Å². The van der Waals surface area contributed by atoms with Gasteiger partial charge in [-0.3, -0.25) is 4.79 Å². The Labute approximate surface area is 57.7 Å². The van der Waals surface area contributed by atoms with E-state index in [9.17, 15) is 18.0 Å². The van der Waals surface area contributed by atoms with Gasteiger partial charge in [-0.2, -0.15) is 13.2 Å². The van der Waals surface area contributed by atoms with Gasteiger partial charge in [0.25, 0.3) is 0 Å². The van der Waals surface area contributed by atoms with Crippen LogP contribution >= 0.6 is 15.9 Å². The Morgan fingerprint density at radius 3 is 2.00 bits per heavy atom. The Balaban J connectivity index is 3.86. The van der Waals surface area contributed by atoms with Crippen LogP contribution in [0.4, 0.5) is 13.2 Å². The summed E-state index contributed by atoms with van der Waals surface area (Å²) in [6.07, 6.45) is -4.13. The third-order valence-electron chi connectivity index (χ3n) is 0.403. The minimum atomic E-state index is -4.40. The van der Waals surface area contributed by atoms with E-state index >= 15 is 0 Å². The maximum atomic E-state index is 11.2. The zero-order valence-electron chi connectivity index (χ0n) is 4.07. The summed E-state index contributed by atoms with van der Waals surface area (Å²) >= 11 is 2.30. The molecule has 1 nitrogen and oxygen atoms in total. The molecule has 0 spiro atoms. The Bertz CT molecular complexity index is 137. The molecule has 52 valence electrons. The van der Waals surface area contributed by atoms with Crippen LogP contribution in [0.2, 0.25) is 0 Å². The van der Waals surface area contributed by atoms with Crippen molar-refractivity contribution in [2.24, 2.45) is 0 Å². The SMILES string of the molecule is O=C(Br)C=CC(F)(F)F. The molecule has 0 bridgehead atoms. The van der Waals surface area contributed by atoms with Gasteiger partial charge in [0, 0.05) is 6.08 Å². The smallest absolute Gasteiger partial charge is 0.282 e. The second-order valence-electron chi connectivity index (χ2n) is 1.18. The Morgan fingerprint density at radius 1 is 1.44 bits per heavy atom. The standard InChI is InChI=1S/C4H2BrF3O/c5-3(9)1-2-4(6,7)8/h1-2H. The van der Waals surface area contributed by atoms with E-state index in [1.54, 1.807) is 0 Å². The Hall–Kier alpha value is -0.320. The van der Waals surface area contributed by atoms with Crippen LogP contribution in [0, 0.1) is 0 Å². The third-order valence-corrected chi connectivity index (χ3v) is 0.668. The quantitative estimate of drug-likeness (QED) is 0.470. The zero-order chi connectivity index (χ0) is 7.49. The maximum absolute atomic E-state index is 11.2. The second kappa shape index (κ2) is 3.00. The molecule has 0 aromatic rings. The highest BCUT2D eigenvalue weighted by atomic mass is 79.9. The first kappa shape index (κ1) is 8.68. The molecule has 0 saturated carbocycles. The normalized spacial score (nSPS) is 12.4. The first-order valence-electron chi connectivity index (χ1n) is 1.87. The molecule has 0 aromatic carbocycles. The molecule has 0 saturated heterocycles. The van der Waals surface area contributed by atoms with Crippen molar-refractivity contribution in [1.29, 1.82) is 0 Å². The predicted molar refractivity (Wildman–Crippen MR) is 29.1 cm³/mol. The van der Waals surface area contributed by atoms with Crippen LogP contribution in [0.15, 0.2) is 12.2 Å². The van der Waals surface area contributed by atoms with Gasteiger partial charge in [-0.25, -0.2) is 0 Å². The summed E-state index contributed by atoms with van der Waals surface area (Å²) in [5.74, 6) is 0. The lowest BCUT2D eigenvalue weighted by molar-refractivity contribution is -0.107. The van der Waals surface area contributed by atoms with Gasteiger partial charge in [-0.15, -0.1) is 0 Å². The van der Waals surface area contributed by atoms with Crippen LogP contribution in [0.25, 0.3) is 0 Å². The summed E-state index contributed by atoms with van der Waals surface area (Å²) in [5, 5.41) is 0. The van der Waals surface area contributed by atoms with E-state index in [4.69, 9.17) is 0 Å². The first-order valence-corrected chi connectivity index (χ1v) is 2.66. The number of rotatable bonds is 1. The average molecular weight is 203 g/mol. The van der Waals surface area contributed by atoms with E-state index in [1.807, 2.05) is 0 Å². The van der Waals surface area contributed by atoms with Gasteiger partial charge in [0.15, 0.2) is 0 Å². The van der Waals surface area contributed by atoms with E-state index in [2.05, 4.69) is 15.9 Å². The molecule has 9 heavy (non-hydrogen) atoms. The van der Waals surface area contributed by atoms with Crippen molar-refractivity contribution in [1.82, 2.24) is 0 Å². The van der Waals surface area contributed by atoms with Crippen molar-refractivity contribution in [3.05, 3.63) is 12.2 Å². The van der Waals surface area contributed by atoms with Crippen molar-refractivity contribution in [3.63, 3.8) is 0 Å². The number of allylic oxidation sites excluding steroid dienone is 2. The van der Waals surface area contributed by atoms with E-state index in [0.717, 1.165) is 0 Å². The molecule has 0 fully saturated rings. The monoisotopic (exact) mass is 202 g/mol. The van der Waals surface area contributed by atoms with Gasteiger partial charge in [0.2, 0.25) is 4.69 Å². The largest absolute Gasteiger partial charge is 0.409 e. The van der Waals surface area contributed by atoms with E-state index in [0.29, 0.717) is 6.08 Å². The average Bonchev–Trinajstić information content (AvgIpc) is 1.59. The fourth-order valence-corrected chi connectivity index (χ4v) is 0.292. The highest BCUT2D eigenvalue weighted by Gasteiger charge is 2.21. The molecule has 0 N–H and O–H groups in total. The third kappa shape index (κ3) is 7.68. The summed E-state index contributed by atoms with van der Waals surface area (Å²) in [6, 6.07) is 0. The molecule has 5 heteroatoms. The Kier molecular flexibility index (Phi) is 2.90. The highest BCUT2D eigenvalue weighted by Crippen LogP contribution is 2.15. The van der Waals surface area contributed by atoms with Crippen LogP contribution in [0.1, 0.15) is 0 Å². The fourth-order valence-electron chi connectivity index (χ4n) is 0.160. The lowest BCUT2D eigenvalue weighted by Crippen LogP contribution is -2.01. The number of hydrogen-bond acceptors (Lipinski definition) is 1. The van der Waals surface area contributed by atoms with Crippen LogP contribution in [0.5, 0.6) is 0 Å². The van der Waals surface area contributed by atoms with Crippen LogP contribution in [-0.2, 0) is 4.79 Å². The van der Waals surface area contributed by atoms with Crippen molar-refractivity contribution >= 4 is 20.6 Å². The summed E-state index contributed by atoms with van der Waals surface area (Å²) in [7, 11) is 0. The molecular formula is C4H2BrF3O. The van der Waals surface area contributed by atoms with E-state index < -0.39 is 10.9 Å². The summed E-state index contributed by atoms with van der Waals surface area (Å²) in [5.41, 5.74) is 0. The van der Waals surface area contributed by atoms with Crippen molar-refractivity contribution < 1.29 is 18.0 Å². The van der Waals surface area contributed by atoms with E-state index in [-0.39, 0.29) is 6.08 Å². The minimum absolute atomic E-state index is 0.135. The fraction of sp³-hybridized carbons (Fsp3) is 0.250. The van der Waals surface area contributed by atoms with Crippen LogP contribution in [-0.4, -0.2) is 10.9 Å². The van der Waals surface area contributed by atoms with E-state index in [1.165, 1.54) is 0 Å². The minimum Gasteiger partial charge on any atom is -0.282 e. The van der Waals surface area contributed by atoms with Crippen molar-refractivity contribution in [2.75, 3.05) is 0 Å². The Morgan fingerprint density at radius 2 is 1.89 bits per heavy atom. The number of carbonyl (C=O) groups excluding carboxylic acids is 1.